The van der Waals surface area contributed by atoms with Gasteiger partial charge in [-0.05, 0) is 48.7 Å². The van der Waals surface area contributed by atoms with Crippen molar-refractivity contribution in [3.8, 4) is 5.75 Å². The average molecular weight is 328 g/mol. The number of halogens is 3. The second-order valence-electron chi connectivity index (χ2n) is 4.78. The summed E-state index contributed by atoms with van der Waals surface area (Å²) < 4.78 is 18.9. The van der Waals surface area contributed by atoms with Crippen LogP contribution in [-0.4, -0.2) is 6.61 Å². The number of rotatable bonds is 4. The zero-order valence-corrected chi connectivity index (χ0v) is 13.3. The molecule has 2 aromatic rings. The fraction of sp³-hybridized carbons (Fsp3) is 0.250. The van der Waals surface area contributed by atoms with Crippen LogP contribution in [0.5, 0.6) is 5.75 Å². The monoisotopic (exact) mass is 327 g/mol. The van der Waals surface area contributed by atoms with Gasteiger partial charge in [0, 0.05) is 11.1 Å². The molecule has 2 N–H and O–H groups in total. The Hall–Kier alpha value is -1.29. The average Bonchev–Trinajstić information content (AvgIpc) is 2.41. The Morgan fingerprint density at radius 1 is 1.14 bits per heavy atom. The molecule has 1 unspecified atom stereocenters. The first-order valence-electron chi connectivity index (χ1n) is 6.56. The van der Waals surface area contributed by atoms with E-state index in [1.165, 1.54) is 12.1 Å². The third-order valence-electron chi connectivity index (χ3n) is 3.11. The van der Waals surface area contributed by atoms with E-state index in [0.717, 1.165) is 5.56 Å². The summed E-state index contributed by atoms with van der Waals surface area (Å²) in [5.41, 5.74) is 8.28. The van der Waals surface area contributed by atoms with Crippen LogP contribution in [0.1, 0.15) is 29.7 Å². The van der Waals surface area contributed by atoms with Gasteiger partial charge < -0.3 is 10.5 Å². The smallest absolute Gasteiger partial charge is 0.139 e. The molecule has 0 fully saturated rings. The number of hydrogen-bond acceptors (Lipinski definition) is 2. The Kier molecular flexibility index (Phi) is 5.09. The first-order chi connectivity index (χ1) is 9.92. The van der Waals surface area contributed by atoms with Crippen molar-refractivity contribution >= 4 is 23.2 Å². The molecule has 0 saturated heterocycles. The molecule has 0 aromatic heterocycles. The zero-order chi connectivity index (χ0) is 15.6. The van der Waals surface area contributed by atoms with E-state index >= 15 is 0 Å². The number of ether oxygens (including phenoxy) is 1. The van der Waals surface area contributed by atoms with Crippen molar-refractivity contribution < 1.29 is 9.13 Å². The molecule has 5 heteroatoms. The van der Waals surface area contributed by atoms with E-state index in [9.17, 15) is 4.39 Å². The van der Waals surface area contributed by atoms with E-state index in [0.29, 0.717) is 33.5 Å². The first-order valence-corrected chi connectivity index (χ1v) is 7.32. The number of nitrogens with two attached hydrogens (primary N) is 1. The molecule has 0 bridgehead atoms. The minimum absolute atomic E-state index is 0.325. The molecule has 0 saturated carbocycles. The van der Waals surface area contributed by atoms with E-state index in [4.69, 9.17) is 33.7 Å². The van der Waals surface area contributed by atoms with Gasteiger partial charge >= 0.3 is 0 Å². The van der Waals surface area contributed by atoms with E-state index in [1.54, 1.807) is 12.1 Å². The summed E-state index contributed by atoms with van der Waals surface area (Å²) in [6, 6.07) is 7.42. The molecule has 0 spiro atoms. The highest BCUT2D eigenvalue weighted by molar-refractivity contribution is 6.34. The Balaban J connectivity index is 2.43. The van der Waals surface area contributed by atoms with Crippen molar-refractivity contribution in [1.82, 2.24) is 0 Å². The summed E-state index contributed by atoms with van der Waals surface area (Å²) in [5.74, 6) is 0.184. The molecule has 0 heterocycles. The lowest BCUT2D eigenvalue weighted by atomic mass is 9.98. The lowest BCUT2D eigenvalue weighted by Gasteiger charge is -2.17. The molecular weight excluding hydrogens is 312 g/mol. The Morgan fingerprint density at radius 3 is 2.48 bits per heavy atom. The third-order valence-corrected chi connectivity index (χ3v) is 3.73. The molecule has 0 aliphatic heterocycles. The van der Waals surface area contributed by atoms with Crippen LogP contribution in [0.4, 0.5) is 4.39 Å². The fourth-order valence-corrected chi connectivity index (χ4v) is 2.67. The van der Waals surface area contributed by atoms with Gasteiger partial charge in [-0.2, -0.15) is 0 Å². The van der Waals surface area contributed by atoms with Gasteiger partial charge in [-0.15, -0.1) is 0 Å². The minimum Gasteiger partial charge on any atom is -0.492 e. The predicted molar refractivity (Wildman–Crippen MR) is 84.8 cm³/mol. The van der Waals surface area contributed by atoms with E-state index < -0.39 is 6.04 Å². The summed E-state index contributed by atoms with van der Waals surface area (Å²) in [4.78, 5) is 0. The van der Waals surface area contributed by atoms with E-state index in [2.05, 4.69) is 0 Å². The Labute approximate surface area is 133 Å². The van der Waals surface area contributed by atoms with Crippen molar-refractivity contribution in [3.63, 3.8) is 0 Å². The first kappa shape index (κ1) is 16.1. The zero-order valence-electron chi connectivity index (χ0n) is 11.8. The molecule has 2 rings (SSSR count). The summed E-state index contributed by atoms with van der Waals surface area (Å²) >= 11 is 12.4. The van der Waals surface area contributed by atoms with Gasteiger partial charge in [-0.1, -0.05) is 29.3 Å². The maximum absolute atomic E-state index is 13.5. The fourth-order valence-electron chi connectivity index (χ4n) is 2.17. The predicted octanol–water partition coefficient (Wildman–Crippen LogP) is 4.89. The highest BCUT2D eigenvalue weighted by Gasteiger charge is 2.17. The maximum atomic E-state index is 13.5. The molecule has 0 aliphatic rings. The van der Waals surface area contributed by atoms with Gasteiger partial charge in [0.2, 0.25) is 0 Å². The highest BCUT2D eigenvalue weighted by atomic mass is 35.5. The van der Waals surface area contributed by atoms with Crippen molar-refractivity contribution in [2.75, 3.05) is 6.61 Å². The molecule has 2 aromatic carbocycles. The largest absolute Gasteiger partial charge is 0.492 e. The lowest BCUT2D eigenvalue weighted by molar-refractivity contribution is 0.340. The highest BCUT2D eigenvalue weighted by Crippen LogP contribution is 2.35. The molecule has 1 atom stereocenters. The van der Waals surface area contributed by atoms with Crippen LogP contribution in [0, 0.1) is 12.7 Å². The van der Waals surface area contributed by atoms with Crippen LogP contribution in [-0.2, 0) is 0 Å². The summed E-state index contributed by atoms with van der Waals surface area (Å²) in [7, 11) is 0. The van der Waals surface area contributed by atoms with Crippen LogP contribution in [0.15, 0.2) is 30.3 Å². The Morgan fingerprint density at radius 2 is 1.86 bits per heavy atom. The second-order valence-corrected chi connectivity index (χ2v) is 5.59. The van der Waals surface area contributed by atoms with Crippen LogP contribution >= 0.6 is 23.2 Å². The third kappa shape index (κ3) is 3.67. The number of benzene rings is 2. The van der Waals surface area contributed by atoms with E-state index in [-0.39, 0.29) is 5.82 Å². The summed E-state index contributed by atoms with van der Waals surface area (Å²) in [5, 5.41) is 0.872. The quantitative estimate of drug-likeness (QED) is 0.867. The van der Waals surface area contributed by atoms with Gasteiger partial charge in [0.15, 0.2) is 0 Å². The van der Waals surface area contributed by atoms with E-state index in [1.807, 2.05) is 19.9 Å². The van der Waals surface area contributed by atoms with Crippen molar-refractivity contribution in [2.24, 2.45) is 5.73 Å². The standard InChI is InChI=1S/C16H16Cl2FNO/c1-3-21-15-8-13(17)12(7-14(15)18)16(20)10-4-9(2)5-11(19)6-10/h4-8,16H,3,20H2,1-2H3. The summed E-state index contributed by atoms with van der Waals surface area (Å²) in [6.07, 6.45) is 0. The van der Waals surface area contributed by atoms with Crippen LogP contribution < -0.4 is 10.5 Å². The molecule has 2 nitrogen and oxygen atoms in total. The minimum atomic E-state index is -0.555. The van der Waals surface area contributed by atoms with Crippen LogP contribution in [0.25, 0.3) is 0 Å². The van der Waals surface area contributed by atoms with Crippen molar-refractivity contribution in [3.05, 3.63) is 62.9 Å². The van der Waals surface area contributed by atoms with Gasteiger partial charge in [0.1, 0.15) is 11.6 Å². The van der Waals surface area contributed by atoms with Crippen molar-refractivity contribution in [2.45, 2.75) is 19.9 Å². The molecule has 0 amide bonds. The molecule has 0 aliphatic carbocycles. The van der Waals surface area contributed by atoms with Gasteiger partial charge in [0.05, 0.1) is 17.7 Å². The van der Waals surface area contributed by atoms with Crippen molar-refractivity contribution in [1.29, 1.82) is 0 Å². The molecule has 0 radical (unpaired) electrons. The molecule has 112 valence electrons. The van der Waals surface area contributed by atoms with Crippen LogP contribution in [0.2, 0.25) is 10.0 Å². The van der Waals surface area contributed by atoms with Crippen LogP contribution in [0.3, 0.4) is 0 Å². The molecular formula is C16H16Cl2FNO. The number of hydrogen-bond donors (Lipinski definition) is 1. The Bertz CT molecular complexity index is 641. The van der Waals surface area contributed by atoms with Gasteiger partial charge in [0.25, 0.3) is 0 Å². The topological polar surface area (TPSA) is 35.2 Å². The van der Waals surface area contributed by atoms with Gasteiger partial charge in [-0.25, -0.2) is 4.39 Å². The second kappa shape index (κ2) is 6.65. The van der Waals surface area contributed by atoms with Gasteiger partial charge in [-0.3, -0.25) is 0 Å². The SMILES string of the molecule is CCOc1cc(Cl)c(C(N)c2cc(C)cc(F)c2)cc1Cl. The lowest BCUT2D eigenvalue weighted by Crippen LogP contribution is -2.13. The molecule has 21 heavy (non-hydrogen) atoms. The maximum Gasteiger partial charge on any atom is 0.139 e. The number of aryl methyl sites for hydroxylation is 1. The normalized spacial score (nSPS) is 12.3. The summed E-state index contributed by atoms with van der Waals surface area (Å²) in [6.45, 7) is 4.16.